The summed E-state index contributed by atoms with van der Waals surface area (Å²) in [7, 11) is 0. The van der Waals surface area contributed by atoms with Gasteiger partial charge in [0.1, 0.15) is 0 Å². The van der Waals surface area contributed by atoms with Crippen molar-refractivity contribution in [3.8, 4) is 0 Å². The van der Waals surface area contributed by atoms with E-state index < -0.39 is 0 Å². The summed E-state index contributed by atoms with van der Waals surface area (Å²) in [5.74, 6) is 0.632. The van der Waals surface area contributed by atoms with E-state index in [0.717, 1.165) is 52.2 Å². The van der Waals surface area contributed by atoms with Crippen LogP contribution in [0.5, 0.6) is 0 Å². The Morgan fingerprint density at radius 3 is 3.13 bits per heavy atom. The van der Waals surface area contributed by atoms with Gasteiger partial charge in [-0.05, 0) is 25.2 Å². The largest absolute Gasteiger partial charge is 0.381 e. The molecule has 4 rings (SSSR count). The van der Waals surface area contributed by atoms with Crippen LogP contribution >= 0.6 is 0 Å². The molecule has 3 aliphatic heterocycles. The number of ether oxygens (including phenoxy) is 2. The number of fused-ring (bicyclic) bond motifs is 1. The van der Waals surface area contributed by atoms with Crippen LogP contribution in [0.1, 0.15) is 29.8 Å². The van der Waals surface area contributed by atoms with E-state index in [1.807, 2.05) is 0 Å². The van der Waals surface area contributed by atoms with Crippen molar-refractivity contribution < 1.29 is 18.8 Å². The molecule has 0 bridgehead atoms. The summed E-state index contributed by atoms with van der Waals surface area (Å²) in [4.78, 5) is 14.7. The Balaban J connectivity index is 1.43. The second kappa shape index (κ2) is 6.59. The smallest absolute Gasteiger partial charge is 0.290 e. The number of amides is 1. The van der Waals surface area contributed by atoms with Crippen molar-refractivity contribution in [1.82, 2.24) is 15.4 Å². The molecule has 0 spiro atoms. The maximum Gasteiger partial charge on any atom is 0.290 e. The highest BCUT2D eigenvalue weighted by molar-refractivity contribution is 5.91. The number of carbonyl (C=O) groups is 1. The van der Waals surface area contributed by atoms with Crippen LogP contribution in [-0.2, 0) is 9.47 Å². The van der Waals surface area contributed by atoms with Gasteiger partial charge in [-0.1, -0.05) is 5.16 Å². The molecule has 1 aromatic rings. The maximum absolute atomic E-state index is 12.2. The first-order valence-corrected chi connectivity index (χ1v) is 8.46. The minimum atomic E-state index is -0.216. The van der Waals surface area contributed by atoms with Crippen molar-refractivity contribution in [3.63, 3.8) is 0 Å². The van der Waals surface area contributed by atoms with E-state index in [1.165, 1.54) is 6.20 Å². The van der Waals surface area contributed by atoms with E-state index >= 15 is 0 Å². The van der Waals surface area contributed by atoms with E-state index in [0.29, 0.717) is 12.0 Å². The second-order valence-electron chi connectivity index (χ2n) is 6.69. The third kappa shape index (κ3) is 3.13. The standard InChI is InChI=1S/C16H23N3O4/c20-16(14-3-5-17-23-14)18-12-9-19(8-11-4-7-21-10-11)13-2-1-6-22-15(12)13/h3,5,11-13,15H,1-2,4,6-10H2,(H,18,20)/t11-,12+,13+,15+/m0/s1. The Hall–Kier alpha value is -1.44. The summed E-state index contributed by atoms with van der Waals surface area (Å²) in [5, 5.41) is 6.66. The lowest BCUT2D eigenvalue weighted by Gasteiger charge is -2.33. The SMILES string of the molecule is O=C(N[C@@H]1CN(C[C@@H]2CCOC2)[C@@H]2CCCO[C@@H]21)c1ccno1. The highest BCUT2D eigenvalue weighted by atomic mass is 16.5. The van der Waals surface area contributed by atoms with E-state index in [4.69, 9.17) is 14.0 Å². The van der Waals surface area contributed by atoms with E-state index in [2.05, 4.69) is 15.4 Å². The predicted octanol–water partition coefficient (Wildman–Crippen LogP) is 0.673. The number of rotatable bonds is 4. The quantitative estimate of drug-likeness (QED) is 0.878. The number of nitrogens with zero attached hydrogens (tertiary/aromatic N) is 2. The molecule has 1 amide bonds. The first-order chi connectivity index (χ1) is 11.3. The van der Waals surface area contributed by atoms with Crippen molar-refractivity contribution >= 4 is 5.91 Å². The number of hydrogen-bond donors (Lipinski definition) is 1. The molecule has 0 aliphatic carbocycles. The molecule has 3 aliphatic rings. The summed E-state index contributed by atoms with van der Waals surface area (Å²) >= 11 is 0. The fourth-order valence-corrected chi connectivity index (χ4v) is 4.02. The third-order valence-electron chi connectivity index (χ3n) is 5.13. The molecule has 126 valence electrons. The first-order valence-electron chi connectivity index (χ1n) is 8.46. The van der Waals surface area contributed by atoms with Gasteiger partial charge in [-0.25, -0.2) is 0 Å². The van der Waals surface area contributed by atoms with Gasteiger partial charge in [0.25, 0.3) is 5.91 Å². The molecule has 3 fully saturated rings. The van der Waals surface area contributed by atoms with Crippen LogP contribution in [0, 0.1) is 5.92 Å². The van der Waals surface area contributed by atoms with Gasteiger partial charge in [0.15, 0.2) is 0 Å². The molecule has 0 radical (unpaired) electrons. The van der Waals surface area contributed by atoms with Crippen LogP contribution in [0.3, 0.4) is 0 Å². The zero-order chi connectivity index (χ0) is 15.6. The van der Waals surface area contributed by atoms with Crippen LogP contribution < -0.4 is 5.32 Å². The van der Waals surface area contributed by atoms with Gasteiger partial charge in [0.05, 0.1) is 24.9 Å². The first kappa shape index (κ1) is 15.1. The summed E-state index contributed by atoms with van der Waals surface area (Å²) in [5.41, 5.74) is 0. The number of aromatic nitrogens is 1. The Labute approximate surface area is 135 Å². The van der Waals surface area contributed by atoms with Crippen molar-refractivity contribution in [1.29, 1.82) is 0 Å². The maximum atomic E-state index is 12.2. The molecule has 4 atom stereocenters. The second-order valence-corrected chi connectivity index (χ2v) is 6.69. The molecule has 7 heteroatoms. The van der Waals surface area contributed by atoms with Crippen molar-refractivity contribution in [2.24, 2.45) is 5.92 Å². The molecular formula is C16H23N3O4. The Kier molecular flexibility index (Phi) is 4.33. The molecule has 23 heavy (non-hydrogen) atoms. The number of likely N-dealkylation sites (tertiary alicyclic amines) is 1. The van der Waals surface area contributed by atoms with Gasteiger partial charge in [0, 0.05) is 38.4 Å². The summed E-state index contributed by atoms with van der Waals surface area (Å²) < 4.78 is 16.4. The topological polar surface area (TPSA) is 76.8 Å². The number of nitrogens with one attached hydrogen (secondary N) is 1. The van der Waals surface area contributed by atoms with Crippen LogP contribution in [0.2, 0.25) is 0 Å². The van der Waals surface area contributed by atoms with Crippen molar-refractivity contribution in [2.75, 3.05) is 32.9 Å². The Bertz CT molecular complexity index is 529. The summed E-state index contributed by atoms with van der Waals surface area (Å²) in [6, 6.07) is 1.97. The van der Waals surface area contributed by atoms with Crippen molar-refractivity contribution in [2.45, 2.75) is 37.5 Å². The van der Waals surface area contributed by atoms with Crippen LogP contribution in [0.15, 0.2) is 16.8 Å². The average molecular weight is 321 g/mol. The minimum absolute atomic E-state index is 0.000205. The molecular weight excluding hydrogens is 298 g/mol. The van der Waals surface area contributed by atoms with Gasteiger partial charge in [-0.2, -0.15) is 0 Å². The highest BCUT2D eigenvalue weighted by Gasteiger charge is 2.45. The Morgan fingerprint density at radius 1 is 1.39 bits per heavy atom. The fourth-order valence-electron chi connectivity index (χ4n) is 4.02. The Morgan fingerprint density at radius 2 is 2.35 bits per heavy atom. The van der Waals surface area contributed by atoms with Crippen LogP contribution in [-0.4, -0.2) is 67.1 Å². The van der Waals surface area contributed by atoms with Crippen LogP contribution in [0.25, 0.3) is 0 Å². The van der Waals surface area contributed by atoms with Gasteiger partial charge >= 0.3 is 0 Å². The lowest BCUT2D eigenvalue weighted by atomic mass is 10.00. The third-order valence-corrected chi connectivity index (χ3v) is 5.13. The fraction of sp³-hybridized carbons (Fsp3) is 0.750. The van der Waals surface area contributed by atoms with Crippen LogP contribution in [0.4, 0.5) is 0 Å². The zero-order valence-corrected chi connectivity index (χ0v) is 13.1. The summed E-state index contributed by atoms with van der Waals surface area (Å²) in [6.07, 6.45) is 4.90. The van der Waals surface area contributed by atoms with Gasteiger partial charge in [-0.15, -0.1) is 0 Å². The monoisotopic (exact) mass is 321 g/mol. The van der Waals surface area contributed by atoms with E-state index in [-0.39, 0.29) is 23.8 Å². The number of carbonyl (C=O) groups excluding carboxylic acids is 1. The van der Waals surface area contributed by atoms with Gasteiger partial charge in [-0.3, -0.25) is 9.69 Å². The normalized spacial score (nSPS) is 34.4. The zero-order valence-electron chi connectivity index (χ0n) is 13.1. The van der Waals surface area contributed by atoms with E-state index in [1.54, 1.807) is 6.07 Å². The molecule has 4 heterocycles. The van der Waals surface area contributed by atoms with Gasteiger partial charge in [0.2, 0.25) is 5.76 Å². The van der Waals surface area contributed by atoms with Crippen molar-refractivity contribution in [3.05, 3.63) is 18.0 Å². The molecule has 1 N–H and O–H groups in total. The van der Waals surface area contributed by atoms with Gasteiger partial charge < -0.3 is 19.3 Å². The molecule has 0 aromatic carbocycles. The molecule has 0 saturated carbocycles. The molecule has 1 aromatic heterocycles. The number of hydrogen-bond acceptors (Lipinski definition) is 6. The molecule has 7 nitrogen and oxygen atoms in total. The molecule has 0 unspecified atom stereocenters. The molecule has 3 saturated heterocycles. The predicted molar refractivity (Wildman–Crippen MR) is 81.0 cm³/mol. The minimum Gasteiger partial charge on any atom is -0.381 e. The summed E-state index contributed by atoms with van der Waals surface area (Å²) in [6.45, 7) is 4.35. The highest BCUT2D eigenvalue weighted by Crippen LogP contribution is 2.30. The van der Waals surface area contributed by atoms with E-state index in [9.17, 15) is 4.79 Å². The lowest BCUT2D eigenvalue weighted by Crippen LogP contribution is -2.47. The lowest BCUT2D eigenvalue weighted by molar-refractivity contribution is -0.0221. The average Bonchev–Trinajstić information content (AvgIpc) is 3.30.